The molecule has 0 radical (unpaired) electrons. The van der Waals surface area contributed by atoms with E-state index >= 15 is 0 Å². The van der Waals surface area contributed by atoms with Crippen LogP contribution in [0.25, 0.3) is 0 Å². The van der Waals surface area contributed by atoms with Crippen molar-refractivity contribution in [2.75, 3.05) is 19.8 Å². The molecule has 0 bridgehead atoms. The molecule has 0 spiro atoms. The average Bonchev–Trinajstić information content (AvgIpc) is 2.81. The molecule has 2 rings (SSSR count). The minimum Gasteiger partial charge on any atom is -0.477 e. The molecule has 0 amide bonds. The van der Waals surface area contributed by atoms with Gasteiger partial charge in [0, 0.05) is 25.8 Å². The van der Waals surface area contributed by atoms with Crippen LogP contribution in [0.1, 0.15) is 23.8 Å². The minimum absolute atomic E-state index is 0.0118. The van der Waals surface area contributed by atoms with Crippen molar-refractivity contribution in [1.82, 2.24) is 8.87 Å². The first kappa shape index (κ1) is 15.0. The van der Waals surface area contributed by atoms with Gasteiger partial charge in [0.1, 0.15) is 10.6 Å². The van der Waals surface area contributed by atoms with Gasteiger partial charge in [0.15, 0.2) is 0 Å². The van der Waals surface area contributed by atoms with E-state index in [4.69, 9.17) is 9.84 Å². The Morgan fingerprint density at radius 1 is 1.55 bits per heavy atom. The number of morpholine rings is 1. The van der Waals surface area contributed by atoms with Crippen molar-refractivity contribution < 1.29 is 23.1 Å². The second kappa shape index (κ2) is 5.55. The van der Waals surface area contributed by atoms with Gasteiger partial charge in [-0.05, 0) is 12.5 Å². The molecule has 112 valence electrons. The molecule has 2 heterocycles. The summed E-state index contributed by atoms with van der Waals surface area (Å²) in [7, 11) is -2.18. The Kier molecular flexibility index (Phi) is 4.17. The van der Waals surface area contributed by atoms with Crippen LogP contribution in [-0.2, 0) is 21.8 Å². The molecule has 0 aromatic carbocycles. The Bertz CT molecular complexity index is 607. The number of hydrogen-bond acceptors (Lipinski definition) is 4. The SMILES string of the molecule is CCC1COCCN1S(=O)(=O)c1cc(C(=O)O)n(C)c1. The van der Waals surface area contributed by atoms with E-state index in [-0.39, 0.29) is 23.2 Å². The summed E-state index contributed by atoms with van der Waals surface area (Å²) in [6, 6.07) is 0.988. The van der Waals surface area contributed by atoms with Gasteiger partial charge in [0.25, 0.3) is 0 Å². The van der Waals surface area contributed by atoms with E-state index in [1.54, 1.807) is 0 Å². The molecule has 1 aliphatic heterocycles. The van der Waals surface area contributed by atoms with Crippen molar-refractivity contribution in [2.45, 2.75) is 24.3 Å². The zero-order valence-corrected chi connectivity index (χ0v) is 12.3. The molecule has 1 atom stereocenters. The van der Waals surface area contributed by atoms with Gasteiger partial charge >= 0.3 is 5.97 Å². The monoisotopic (exact) mass is 302 g/mol. The summed E-state index contributed by atoms with van der Waals surface area (Å²) in [6.45, 7) is 2.91. The number of carboxylic acid groups (broad SMARTS) is 1. The molecule has 0 saturated carbocycles. The first-order chi connectivity index (χ1) is 9.37. The summed E-state index contributed by atoms with van der Waals surface area (Å²) in [5, 5.41) is 9.00. The molecule has 1 N–H and O–H groups in total. The molecule has 7 nitrogen and oxygen atoms in total. The van der Waals surface area contributed by atoms with Crippen LogP contribution in [0, 0.1) is 0 Å². The van der Waals surface area contributed by atoms with Crippen molar-refractivity contribution in [3.63, 3.8) is 0 Å². The highest BCUT2D eigenvalue weighted by Gasteiger charge is 2.34. The lowest BCUT2D eigenvalue weighted by atomic mass is 10.2. The highest BCUT2D eigenvalue weighted by Crippen LogP contribution is 2.23. The average molecular weight is 302 g/mol. The van der Waals surface area contributed by atoms with E-state index < -0.39 is 16.0 Å². The summed E-state index contributed by atoms with van der Waals surface area (Å²) >= 11 is 0. The number of nitrogens with zero attached hydrogens (tertiary/aromatic N) is 2. The van der Waals surface area contributed by atoms with Crippen molar-refractivity contribution in [2.24, 2.45) is 7.05 Å². The second-order valence-electron chi connectivity index (χ2n) is 4.73. The predicted octanol–water partition coefficient (Wildman–Crippen LogP) is 0.523. The summed E-state index contributed by atoms with van der Waals surface area (Å²) in [4.78, 5) is 11.0. The Morgan fingerprint density at radius 2 is 2.25 bits per heavy atom. The topological polar surface area (TPSA) is 88.8 Å². The standard InChI is InChI=1S/C12H18N2O5S/c1-3-9-8-19-5-4-14(9)20(17,18)10-6-11(12(15)16)13(2)7-10/h6-7,9H,3-5,8H2,1-2H3,(H,15,16). The van der Waals surface area contributed by atoms with Gasteiger partial charge in [-0.3, -0.25) is 0 Å². The van der Waals surface area contributed by atoms with Crippen LogP contribution >= 0.6 is 0 Å². The quantitative estimate of drug-likeness (QED) is 0.876. The highest BCUT2D eigenvalue weighted by atomic mass is 32.2. The van der Waals surface area contributed by atoms with Crippen LogP contribution in [0.4, 0.5) is 0 Å². The number of ether oxygens (including phenoxy) is 1. The van der Waals surface area contributed by atoms with E-state index in [9.17, 15) is 13.2 Å². The van der Waals surface area contributed by atoms with Gasteiger partial charge in [-0.2, -0.15) is 4.31 Å². The van der Waals surface area contributed by atoms with Crippen molar-refractivity contribution in [1.29, 1.82) is 0 Å². The fourth-order valence-corrected chi connectivity index (χ4v) is 4.04. The zero-order valence-electron chi connectivity index (χ0n) is 11.4. The second-order valence-corrected chi connectivity index (χ2v) is 6.62. The number of sulfonamides is 1. The molecule has 1 aliphatic rings. The molecule has 1 aromatic heterocycles. The van der Waals surface area contributed by atoms with Crippen molar-refractivity contribution >= 4 is 16.0 Å². The molecule has 8 heteroatoms. The normalized spacial score (nSPS) is 21.0. The largest absolute Gasteiger partial charge is 0.477 e. The molecular formula is C12H18N2O5S. The number of aryl methyl sites for hydroxylation is 1. The number of hydrogen-bond donors (Lipinski definition) is 1. The smallest absolute Gasteiger partial charge is 0.352 e. The number of aromatic nitrogens is 1. The maximum absolute atomic E-state index is 12.6. The van der Waals surface area contributed by atoms with E-state index in [1.165, 1.54) is 28.2 Å². The third-order valence-electron chi connectivity index (χ3n) is 3.45. The molecule has 0 aliphatic carbocycles. The fourth-order valence-electron chi connectivity index (χ4n) is 2.30. The van der Waals surface area contributed by atoms with Crippen LogP contribution in [0.3, 0.4) is 0 Å². The van der Waals surface area contributed by atoms with Crippen LogP contribution < -0.4 is 0 Å². The Hall–Kier alpha value is -1.38. The summed E-state index contributed by atoms with van der Waals surface area (Å²) in [6.07, 6.45) is 1.98. The van der Waals surface area contributed by atoms with Gasteiger partial charge < -0.3 is 14.4 Å². The summed E-state index contributed by atoms with van der Waals surface area (Å²) in [5.74, 6) is -1.15. The Morgan fingerprint density at radius 3 is 2.80 bits per heavy atom. The summed E-state index contributed by atoms with van der Waals surface area (Å²) in [5.41, 5.74) is -0.0510. The first-order valence-electron chi connectivity index (χ1n) is 6.37. The molecular weight excluding hydrogens is 284 g/mol. The lowest BCUT2D eigenvalue weighted by Crippen LogP contribution is -2.48. The lowest BCUT2D eigenvalue weighted by Gasteiger charge is -2.33. The number of carbonyl (C=O) groups is 1. The fraction of sp³-hybridized carbons (Fsp3) is 0.583. The van der Waals surface area contributed by atoms with Crippen LogP contribution in [-0.4, -0.2) is 54.2 Å². The lowest BCUT2D eigenvalue weighted by molar-refractivity contribution is 0.0314. The first-order valence-corrected chi connectivity index (χ1v) is 7.81. The van der Waals surface area contributed by atoms with Crippen LogP contribution in [0.5, 0.6) is 0 Å². The van der Waals surface area contributed by atoms with Gasteiger partial charge in [-0.25, -0.2) is 13.2 Å². The Balaban J connectivity index is 2.39. The highest BCUT2D eigenvalue weighted by molar-refractivity contribution is 7.89. The van der Waals surface area contributed by atoms with E-state index in [0.717, 1.165) is 0 Å². The Labute approximate surface area is 117 Å². The minimum atomic E-state index is -3.69. The maximum atomic E-state index is 12.6. The molecule has 1 saturated heterocycles. The van der Waals surface area contributed by atoms with Gasteiger partial charge in [0.05, 0.1) is 13.2 Å². The number of aromatic carboxylic acids is 1. The third-order valence-corrected chi connectivity index (χ3v) is 5.37. The third kappa shape index (κ3) is 2.58. The molecule has 20 heavy (non-hydrogen) atoms. The van der Waals surface area contributed by atoms with E-state index in [1.807, 2.05) is 6.92 Å². The van der Waals surface area contributed by atoms with Gasteiger partial charge in [-0.15, -0.1) is 0 Å². The molecule has 1 unspecified atom stereocenters. The predicted molar refractivity (Wildman–Crippen MR) is 71.2 cm³/mol. The van der Waals surface area contributed by atoms with Crippen molar-refractivity contribution in [3.05, 3.63) is 18.0 Å². The van der Waals surface area contributed by atoms with Crippen LogP contribution in [0.2, 0.25) is 0 Å². The van der Waals surface area contributed by atoms with Gasteiger partial charge in [0.2, 0.25) is 10.0 Å². The van der Waals surface area contributed by atoms with E-state index in [0.29, 0.717) is 19.6 Å². The van der Waals surface area contributed by atoms with Crippen molar-refractivity contribution in [3.8, 4) is 0 Å². The molecule has 1 aromatic rings. The number of carboxylic acids is 1. The van der Waals surface area contributed by atoms with Gasteiger partial charge in [-0.1, -0.05) is 6.92 Å². The van der Waals surface area contributed by atoms with Crippen LogP contribution in [0.15, 0.2) is 17.2 Å². The van der Waals surface area contributed by atoms with E-state index in [2.05, 4.69) is 0 Å². The number of rotatable bonds is 4. The maximum Gasteiger partial charge on any atom is 0.352 e. The molecule has 1 fully saturated rings. The summed E-state index contributed by atoms with van der Waals surface area (Å²) < 4.78 is 33.2. The zero-order chi connectivity index (χ0) is 14.9.